The molecule has 0 fully saturated rings. The monoisotopic (exact) mass is 279 g/mol. The molecule has 0 saturated heterocycles. The van der Waals surface area contributed by atoms with Crippen molar-refractivity contribution < 1.29 is 9.47 Å². The molecule has 0 spiro atoms. The van der Waals surface area contributed by atoms with Crippen molar-refractivity contribution in [2.45, 2.75) is 40.0 Å². The number of rotatable bonds is 10. The van der Waals surface area contributed by atoms with Gasteiger partial charge in [-0.15, -0.1) is 0 Å². The highest BCUT2D eigenvalue weighted by molar-refractivity contribution is 5.39. The molecule has 1 atom stereocenters. The molecule has 0 bridgehead atoms. The van der Waals surface area contributed by atoms with E-state index in [0.29, 0.717) is 12.0 Å². The van der Waals surface area contributed by atoms with Crippen LogP contribution >= 0.6 is 0 Å². The van der Waals surface area contributed by atoms with Crippen molar-refractivity contribution in [3.8, 4) is 11.5 Å². The normalized spacial score (nSPS) is 13.8. The van der Waals surface area contributed by atoms with Crippen LogP contribution in [-0.4, -0.2) is 26.8 Å². The van der Waals surface area contributed by atoms with Gasteiger partial charge in [0.25, 0.3) is 0 Å². The van der Waals surface area contributed by atoms with Crippen LogP contribution in [0.2, 0.25) is 0 Å². The molecule has 0 heterocycles. The smallest absolute Gasteiger partial charge is 0.161 e. The van der Waals surface area contributed by atoms with E-state index in [9.17, 15) is 0 Å². The summed E-state index contributed by atoms with van der Waals surface area (Å²) >= 11 is 0. The zero-order chi connectivity index (χ0) is 14.8. The SMILES string of the molecule is CCCC(C)(CCOc1ccccc1OCC)CNC. The van der Waals surface area contributed by atoms with E-state index in [0.717, 1.165) is 31.1 Å². The lowest BCUT2D eigenvalue weighted by atomic mass is 9.82. The van der Waals surface area contributed by atoms with E-state index < -0.39 is 0 Å². The largest absolute Gasteiger partial charge is 0.490 e. The lowest BCUT2D eigenvalue weighted by Gasteiger charge is -2.29. The van der Waals surface area contributed by atoms with Gasteiger partial charge in [-0.1, -0.05) is 32.4 Å². The van der Waals surface area contributed by atoms with E-state index in [2.05, 4.69) is 19.2 Å². The van der Waals surface area contributed by atoms with Crippen LogP contribution in [0.3, 0.4) is 0 Å². The second kappa shape index (κ2) is 8.85. The summed E-state index contributed by atoms with van der Waals surface area (Å²) < 4.78 is 11.5. The number of hydrogen-bond donors (Lipinski definition) is 1. The summed E-state index contributed by atoms with van der Waals surface area (Å²) in [6.45, 7) is 8.96. The molecule has 3 nitrogen and oxygen atoms in total. The van der Waals surface area contributed by atoms with Crippen molar-refractivity contribution in [2.75, 3.05) is 26.8 Å². The van der Waals surface area contributed by atoms with Crippen LogP contribution in [0.1, 0.15) is 40.0 Å². The molecule has 0 aliphatic carbocycles. The van der Waals surface area contributed by atoms with Crippen LogP contribution in [0.4, 0.5) is 0 Å². The lowest BCUT2D eigenvalue weighted by molar-refractivity contribution is 0.190. The lowest BCUT2D eigenvalue weighted by Crippen LogP contribution is -2.31. The molecule has 1 N–H and O–H groups in total. The fourth-order valence-corrected chi connectivity index (χ4v) is 2.58. The van der Waals surface area contributed by atoms with Crippen molar-refractivity contribution in [1.29, 1.82) is 0 Å². The van der Waals surface area contributed by atoms with Crippen molar-refractivity contribution in [3.05, 3.63) is 24.3 Å². The third-order valence-electron chi connectivity index (χ3n) is 3.57. The Morgan fingerprint density at radius 1 is 1.05 bits per heavy atom. The van der Waals surface area contributed by atoms with Crippen molar-refractivity contribution >= 4 is 0 Å². The number of hydrogen-bond acceptors (Lipinski definition) is 3. The number of benzene rings is 1. The van der Waals surface area contributed by atoms with Crippen LogP contribution in [0, 0.1) is 5.41 Å². The molecule has 0 radical (unpaired) electrons. The Balaban J connectivity index is 2.54. The molecule has 0 saturated carbocycles. The Labute approximate surface area is 123 Å². The molecule has 0 amide bonds. The van der Waals surface area contributed by atoms with Gasteiger partial charge >= 0.3 is 0 Å². The van der Waals surface area contributed by atoms with E-state index >= 15 is 0 Å². The Hall–Kier alpha value is -1.22. The third kappa shape index (κ3) is 5.41. The molecule has 0 aliphatic rings. The average Bonchev–Trinajstić information content (AvgIpc) is 2.41. The average molecular weight is 279 g/mol. The van der Waals surface area contributed by atoms with Crippen LogP contribution < -0.4 is 14.8 Å². The van der Waals surface area contributed by atoms with Gasteiger partial charge in [0.2, 0.25) is 0 Å². The highest BCUT2D eigenvalue weighted by Gasteiger charge is 2.22. The van der Waals surface area contributed by atoms with E-state index in [1.807, 2.05) is 38.2 Å². The van der Waals surface area contributed by atoms with Gasteiger partial charge in [0.15, 0.2) is 11.5 Å². The van der Waals surface area contributed by atoms with Crippen molar-refractivity contribution in [1.82, 2.24) is 5.32 Å². The molecule has 1 unspecified atom stereocenters. The minimum absolute atomic E-state index is 0.296. The molecule has 114 valence electrons. The first kappa shape index (κ1) is 16.8. The van der Waals surface area contributed by atoms with Crippen LogP contribution in [-0.2, 0) is 0 Å². The highest BCUT2D eigenvalue weighted by Crippen LogP contribution is 2.30. The maximum Gasteiger partial charge on any atom is 0.161 e. The van der Waals surface area contributed by atoms with Gasteiger partial charge in [0, 0.05) is 6.54 Å². The van der Waals surface area contributed by atoms with Gasteiger partial charge in [0.1, 0.15) is 0 Å². The Kier molecular flexibility index (Phi) is 7.45. The maximum atomic E-state index is 5.93. The molecular formula is C17H29NO2. The number of nitrogens with one attached hydrogen (secondary N) is 1. The van der Waals surface area contributed by atoms with E-state index in [1.165, 1.54) is 12.8 Å². The number of ether oxygens (including phenoxy) is 2. The Morgan fingerprint density at radius 2 is 1.70 bits per heavy atom. The first-order valence-electron chi connectivity index (χ1n) is 7.64. The van der Waals surface area contributed by atoms with E-state index in [1.54, 1.807) is 0 Å². The molecule has 3 heteroatoms. The summed E-state index contributed by atoms with van der Waals surface area (Å²) in [6.07, 6.45) is 3.46. The summed E-state index contributed by atoms with van der Waals surface area (Å²) in [6, 6.07) is 7.88. The molecule has 1 aromatic rings. The van der Waals surface area contributed by atoms with Crippen LogP contribution in [0.25, 0.3) is 0 Å². The van der Waals surface area contributed by atoms with Gasteiger partial charge in [-0.3, -0.25) is 0 Å². The van der Waals surface area contributed by atoms with Gasteiger partial charge in [0.05, 0.1) is 13.2 Å². The predicted octanol–water partition coefficient (Wildman–Crippen LogP) is 3.88. The summed E-state index contributed by atoms with van der Waals surface area (Å²) in [5, 5.41) is 3.29. The van der Waals surface area contributed by atoms with Gasteiger partial charge in [-0.05, 0) is 44.4 Å². The quantitative estimate of drug-likeness (QED) is 0.705. The minimum atomic E-state index is 0.296. The molecular weight excluding hydrogens is 250 g/mol. The minimum Gasteiger partial charge on any atom is -0.490 e. The fraction of sp³-hybridized carbons (Fsp3) is 0.647. The van der Waals surface area contributed by atoms with Crippen LogP contribution in [0.15, 0.2) is 24.3 Å². The molecule has 1 aromatic carbocycles. The zero-order valence-corrected chi connectivity index (χ0v) is 13.4. The summed E-state index contributed by atoms with van der Waals surface area (Å²) in [4.78, 5) is 0. The van der Waals surface area contributed by atoms with Crippen molar-refractivity contribution in [3.63, 3.8) is 0 Å². The zero-order valence-electron chi connectivity index (χ0n) is 13.4. The summed E-state index contributed by atoms with van der Waals surface area (Å²) in [5.74, 6) is 1.68. The maximum absolute atomic E-state index is 5.93. The molecule has 0 aliphatic heterocycles. The predicted molar refractivity (Wildman–Crippen MR) is 84.7 cm³/mol. The fourth-order valence-electron chi connectivity index (χ4n) is 2.58. The third-order valence-corrected chi connectivity index (χ3v) is 3.57. The summed E-state index contributed by atoms with van der Waals surface area (Å²) in [7, 11) is 2.01. The van der Waals surface area contributed by atoms with E-state index in [-0.39, 0.29) is 0 Å². The Morgan fingerprint density at radius 3 is 2.25 bits per heavy atom. The van der Waals surface area contributed by atoms with Gasteiger partial charge < -0.3 is 14.8 Å². The Bertz CT molecular complexity index is 373. The first-order valence-corrected chi connectivity index (χ1v) is 7.64. The molecule has 0 aromatic heterocycles. The van der Waals surface area contributed by atoms with Crippen molar-refractivity contribution in [2.24, 2.45) is 5.41 Å². The van der Waals surface area contributed by atoms with Gasteiger partial charge in [-0.25, -0.2) is 0 Å². The van der Waals surface area contributed by atoms with Gasteiger partial charge in [-0.2, -0.15) is 0 Å². The van der Waals surface area contributed by atoms with Crippen LogP contribution in [0.5, 0.6) is 11.5 Å². The first-order chi connectivity index (χ1) is 9.65. The number of para-hydroxylation sites is 2. The van der Waals surface area contributed by atoms with E-state index in [4.69, 9.17) is 9.47 Å². The topological polar surface area (TPSA) is 30.5 Å². The summed E-state index contributed by atoms with van der Waals surface area (Å²) in [5.41, 5.74) is 0.296. The second-order valence-electron chi connectivity index (χ2n) is 5.57. The standard InChI is InChI=1S/C17H29NO2/c1-5-11-17(3,14-18-4)12-13-20-16-10-8-7-9-15(16)19-6-2/h7-10,18H,5-6,11-14H2,1-4H3. The highest BCUT2D eigenvalue weighted by atomic mass is 16.5. The second-order valence-corrected chi connectivity index (χ2v) is 5.57. The molecule has 1 rings (SSSR count). The molecule has 20 heavy (non-hydrogen) atoms.